The van der Waals surface area contributed by atoms with Gasteiger partial charge in [-0.1, -0.05) is 22.0 Å². The number of amides is 1. The van der Waals surface area contributed by atoms with Crippen LogP contribution in [0.15, 0.2) is 24.5 Å². The van der Waals surface area contributed by atoms with Crippen molar-refractivity contribution in [2.24, 2.45) is 0 Å². The van der Waals surface area contributed by atoms with Crippen molar-refractivity contribution in [3.63, 3.8) is 0 Å². The van der Waals surface area contributed by atoms with Crippen molar-refractivity contribution in [1.29, 1.82) is 0 Å². The number of carbonyl (C=O) groups excluding carboxylic acids is 1. The Hall–Kier alpha value is -0.900. The SMILES string of the molecule is CC(C)(Br)C(=O)NCCc1cccnc1. The molecule has 0 spiro atoms. The van der Waals surface area contributed by atoms with Crippen LogP contribution in [0.25, 0.3) is 0 Å². The van der Waals surface area contributed by atoms with E-state index in [1.54, 1.807) is 6.20 Å². The van der Waals surface area contributed by atoms with Crippen LogP contribution >= 0.6 is 15.9 Å². The molecule has 4 heteroatoms. The van der Waals surface area contributed by atoms with Gasteiger partial charge in [-0.15, -0.1) is 0 Å². The van der Waals surface area contributed by atoms with E-state index in [9.17, 15) is 4.79 Å². The van der Waals surface area contributed by atoms with Crippen molar-refractivity contribution >= 4 is 21.8 Å². The minimum atomic E-state index is -0.498. The highest BCUT2D eigenvalue weighted by Crippen LogP contribution is 2.14. The Labute approximate surface area is 98.4 Å². The molecule has 0 bridgehead atoms. The van der Waals surface area contributed by atoms with Crippen LogP contribution in [0.4, 0.5) is 0 Å². The molecule has 0 aromatic carbocycles. The van der Waals surface area contributed by atoms with E-state index in [4.69, 9.17) is 0 Å². The lowest BCUT2D eigenvalue weighted by molar-refractivity contribution is -0.122. The Morgan fingerprint density at radius 1 is 1.60 bits per heavy atom. The first kappa shape index (κ1) is 12.2. The number of carbonyl (C=O) groups is 1. The maximum Gasteiger partial charge on any atom is 0.236 e. The van der Waals surface area contributed by atoms with Gasteiger partial charge in [0.1, 0.15) is 0 Å². The number of hydrogen-bond donors (Lipinski definition) is 1. The molecule has 0 aliphatic rings. The van der Waals surface area contributed by atoms with Crippen molar-refractivity contribution in [3.05, 3.63) is 30.1 Å². The van der Waals surface area contributed by atoms with Crippen LogP contribution in [0.2, 0.25) is 0 Å². The zero-order chi connectivity index (χ0) is 11.3. The Morgan fingerprint density at radius 3 is 2.87 bits per heavy atom. The van der Waals surface area contributed by atoms with Crippen LogP contribution < -0.4 is 5.32 Å². The van der Waals surface area contributed by atoms with E-state index >= 15 is 0 Å². The summed E-state index contributed by atoms with van der Waals surface area (Å²) in [4.78, 5) is 15.5. The molecule has 1 rings (SSSR count). The highest BCUT2D eigenvalue weighted by atomic mass is 79.9. The standard InChI is InChI=1S/C11H15BrN2O/c1-11(2,12)10(15)14-7-5-9-4-3-6-13-8-9/h3-4,6,8H,5,7H2,1-2H3,(H,14,15). The van der Waals surface area contributed by atoms with Gasteiger partial charge in [-0.25, -0.2) is 0 Å². The van der Waals surface area contributed by atoms with Crippen LogP contribution in [0.1, 0.15) is 19.4 Å². The third kappa shape index (κ3) is 4.42. The van der Waals surface area contributed by atoms with Crippen LogP contribution in [0.5, 0.6) is 0 Å². The molecule has 1 aromatic heterocycles. The normalized spacial score (nSPS) is 11.1. The number of nitrogens with zero attached hydrogens (tertiary/aromatic N) is 1. The minimum Gasteiger partial charge on any atom is -0.355 e. The molecule has 1 heterocycles. The molecule has 15 heavy (non-hydrogen) atoms. The number of pyridine rings is 1. The second-order valence-electron chi connectivity index (χ2n) is 3.84. The van der Waals surface area contributed by atoms with Crippen LogP contribution in [-0.2, 0) is 11.2 Å². The number of rotatable bonds is 4. The highest BCUT2D eigenvalue weighted by Gasteiger charge is 2.22. The van der Waals surface area contributed by atoms with Gasteiger partial charge in [0, 0.05) is 18.9 Å². The second-order valence-corrected chi connectivity index (χ2v) is 5.82. The van der Waals surface area contributed by atoms with Gasteiger partial charge in [-0.3, -0.25) is 9.78 Å². The second kappa shape index (κ2) is 5.26. The molecular weight excluding hydrogens is 256 g/mol. The summed E-state index contributed by atoms with van der Waals surface area (Å²) in [6.45, 7) is 4.29. The predicted octanol–water partition coefficient (Wildman–Crippen LogP) is 1.91. The number of halogens is 1. The molecule has 0 saturated heterocycles. The quantitative estimate of drug-likeness (QED) is 0.850. The summed E-state index contributed by atoms with van der Waals surface area (Å²) >= 11 is 3.31. The van der Waals surface area contributed by atoms with E-state index in [0.717, 1.165) is 12.0 Å². The lowest BCUT2D eigenvalue weighted by Gasteiger charge is -2.15. The van der Waals surface area contributed by atoms with Gasteiger partial charge in [0.25, 0.3) is 0 Å². The molecule has 0 saturated carbocycles. The van der Waals surface area contributed by atoms with Gasteiger partial charge < -0.3 is 5.32 Å². The number of aromatic nitrogens is 1. The average molecular weight is 271 g/mol. The number of alkyl halides is 1. The van der Waals surface area contributed by atoms with E-state index in [2.05, 4.69) is 26.2 Å². The monoisotopic (exact) mass is 270 g/mol. The predicted molar refractivity (Wildman–Crippen MR) is 64.0 cm³/mol. The molecule has 1 N–H and O–H groups in total. The maximum absolute atomic E-state index is 11.5. The van der Waals surface area contributed by atoms with Crippen LogP contribution in [-0.4, -0.2) is 21.8 Å². The Kier molecular flexibility index (Phi) is 4.27. The minimum absolute atomic E-state index is 0.00592. The molecule has 0 aliphatic carbocycles. The van der Waals surface area contributed by atoms with E-state index in [1.807, 2.05) is 32.2 Å². The lowest BCUT2D eigenvalue weighted by atomic mass is 10.2. The van der Waals surface area contributed by atoms with Gasteiger partial charge in [0.15, 0.2) is 0 Å². The topological polar surface area (TPSA) is 42.0 Å². The number of hydrogen-bond acceptors (Lipinski definition) is 2. The molecular formula is C11H15BrN2O. The van der Waals surface area contributed by atoms with E-state index in [0.29, 0.717) is 6.54 Å². The Balaban J connectivity index is 2.32. The lowest BCUT2D eigenvalue weighted by Crippen LogP contribution is -2.38. The largest absolute Gasteiger partial charge is 0.355 e. The summed E-state index contributed by atoms with van der Waals surface area (Å²) in [5.74, 6) is 0.00592. The van der Waals surface area contributed by atoms with Gasteiger partial charge in [-0.05, 0) is 31.9 Å². The van der Waals surface area contributed by atoms with Crippen molar-refractivity contribution in [3.8, 4) is 0 Å². The molecule has 0 fully saturated rings. The van der Waals surface area contributed by atoms with Crippen molar-refractivity contribution < 1.29 is 4.79 Å². The zero-order valence-corrected chi connectivity index (χ0v) is 10.5. The molecule has 1 aromatic rings. The summed E-state index contributed by atoms with van der Waals surface area (Å²) in [6, 6.07) is 3.89. The van der Waals surface area contributed by atoms with Gasteiger partial charge >= 0.3 is 0 Å². The molecule has 0 atom stereocenters. The first-order valence-electron chi connectivity index (χ1n) is 4.86. The summed E-state index contributed by atoms with van der Waals surface area (Å²) in [6.07, 6.45) is 4.36. The van der Waals surface area contributed by atoms with Crippen LogP contribution in [0.3, 0.4) is 0 Å². The Morgan fingerprint density at radius 2 is 2.33 bits per heavy atom. The third-order valence-electron chi connectivity index (χ3n) is 1.96. The van der Waals surface area contributed by atoms with Crippen molar-refractivity contribution in [1.82, 2.24) is 10.3 Å². The third-order valence-corrected chi connectivity index (χ3v) is 2.32. The average Bonchev–Trinajstić information content (AvgIpc) is 2.18. The van der Waals surface area contributed by atoms with E-state index in [1.165, 1.54) is 0 Å². The molecule has 1 amide bonds. The summed E-state index contributed by atoms with van der Waals surface area (Å²) in [7, 11) is 0. The first-order valence-corrected chi connectivity index (χ1v) is 5.65. The maximum atomic E-state index is 11.5. The summed E-state index contributed by atoms with van der Waals surface area (Å²) < 4.78 is -0.498. The van der Waals surface area contributed by atoms with E-state index < -0.39 is 4.32 Å². The fourth-order valence-electron chi connectivity index (χ4n) is 1.08. The number of nitrogens with one attached hydrogen (secondary N) is 1. The van der Waals surface area contributed by atoms with Crippen LogP contribution in [0, 0.1) is 0 Å². The molecule has 3 nitrogen and oxygen atoms in total. The fraction of sp³-hybridized carbons (Fsp3) is 0.455. The first-order chi connectivity index (χ1) is 7.00. The van der Waals surface area contributed by atoms with Crippen molar-refractivity contribution in [2.45, 2.75) is 24.6 Å². The zero-order valence-electron chi connectivity index (χ0n) is 8.96. The van der Waals surface area contributed by atoms with Gasteiger partial charge in [0.2, 0.25) is 5.91 Å². The fourth-order valence-corrected chi connectivity index (χ4v) is 1.22. The van der Waals surface area contributed by atoms with E-state index in [-0.39, 0.29) is 5.91 Å². The molecule has 82 valence electrons. The molecule has 0 aliphatic heterocycles. The van der Waals surface area contributed by atoms with Gasteiger partial charge in [0.05, 0.1) is 4.32 Å². The van der Waals surface area contributed by atoms with Gasteiger partial charge in [-0.2, -0.15) is 0 Å². The summed E-state index contributed by atoms with van der Waals surface area (Å²) in [5.41, 5.74) is 1.13. The molecule has 0 unspecified atom stereocenters. The molecule has 0 radical (unpaired) electrons. The summed E-state index contributed by atoms with van der Waals surface area (Å²) in [5, 5.41) is 2.86. The Bertz CT molecular complexity index is 319. The highest BCUT2D eigenvalue weighted by molar-refractivity contribution is 9.10. The smallest absolute Gasteiger partial charge is 0.236 e. The van der Waals surface area contributed by atoms with Crippen molar-refractivity contribution in [2.75, 3.05) is 6.54 Å².